The molecule has 2 saturated carbocycles. The molecular formula is C29H27ClN2O3. The van der Waals surface area contributed by atoms with Crippen molar-refractivity contribution in [2.45, 2.75) is 57.0 Å². The van der Waals surface area contributed by atoms with Crippen LogP contribution in [0.25, 0.3) is 27.8 Å². The van der Waals surface area contributed by atoms with Gasteiger partial charge in [0.15, 0.2) is 5.69 Å². The number of aromatic carboxylic acids is 1. The molecule has 1 N–H and O–H groups in total. The molecule has 2 aromatic carbocycles. The number of fused-ring (bicyclic) bond motifs is 1. The summed E-state index contributed by atoms with van der Waals surface area (Å²) in [7, 11) is 0. The molecule has 0 aliphatic heterocycles. The largest absolute Gasteiger partial charge is 0.490 e. The normalized spacial score (nSPS) is 16.5. The van der Waals surface area contributed by atoms with Gasteiger partial charge >= 0.3 is 5.97 Å². The van der Waals surface area contributed by atoms with E-state index in [4.69, 9.17) is 16.3 Å². The van der Waals surface area contributed by atoms with Crippen LogP contribution in [0, 0.1) is 0 Å². The lowest BCUT2D eigenvalue weighted by Crippen LogP contribution is -2.07. The van der Waals surface area contributed by atoms with Crippen molar-refractivity contribution in [1.29, 1.82) is 0 Å². The maximum Gasteiger partial charge on any atom is 0.354 e. The summed E-state index contributed by atoms with van der Waals surface area (Å²) in [5, 5.41) is 10.8. The first-order chi connectivity index (χ1) is 17.1. The molecule has 35 heavy (non-hydrogen) atoms. The molecule has 2 aliphatic carbocycles. The molecule has 2 aliphatic rings. The highest BCUT2D eigenvalue weighted by Crippen LogP contribution is 2.37. The van der Waals surface area contributed by atoms with Crippen LogP contribution < -0.4 is 4.74 Å². The van der Waals surface area contributed by atoms with Crippen LogP contribution in [0.1, 0.15) is 66.9 Å². The second kappa shape index (κ2) is 9.04. The zero-order chi connectivity index (χ0) is 23.9. The molecule has 0 unspecified atom stereocenters. The Kier molecular flexibility index (Phi) is 5.73. The summed E-state index contributed by atoms with van der Waals surface area (Å²) in [5.41, 5.74) is 4.56. The SMILES string of the molecule is O=C(O)c1c(Cl)c2cc(-c3ccc(C4CCCCC4)cc3)cnc2n1-c1ccc(OC2CC2)cc1. The van der Waals surface area contributed by atoms with Crippen LogP contribution in [0.15, 0.2) is 60.8 Å². The first-order valence-corrected chi connectivity index (χ1v) is 12.8. The highest BCUT2D eigenvalue weighted by Gasteiger charge is 2.25. The van der Waals surface area contributed by atoms with Crippen LogP contribution in [0.2, 0.25) is 5.02 Å². The number of halogens is 1. The summed E-state index contributed by atoms with van der Waals surface area (Å²) in [6.07, 6.45) is 10.8. The average Bonchev–Trinajstić information content (AvgIpc) is 3.66. The zero-order valence-electron chi connectivity index (χ0n) is 19.4. The number of benzene rings is 2. The van der Waals surface area contributed by atoms with Crippen molar-refractivity contribution in [3.8, 4) is 22.6 Å². The molecule has 2 fully saturated rings. The predicted molar refractivity (Wildman–Crippen MR) is 138 cm³/mol. The summed E-state index contributed by atoms with van der Waals surface area (Å²) < 4.78 is 7.44. The number of hydrogen-bond acceptors (Lipinski definition) is 3. The van der Waals surface area contributed by atoms with Gasteiger partial charge in [0.1, 0.15) is 11.4 Å². The predicted octanol–water partition coefficient (Wildman–Crippen LogP) is 7.63. The molecule has 0 bridgehead atoms. The average molecular weight is 487 g/mol. The fraction of sp³-hybridized carbons (Fsp3) is 0.310. The summed E-state index contributed by atoms with van der Waals surface area (Å²) in [6.45, 7) is 0. The van der Waals surface area contributed by atoms with Crippen LogP contribution in [0.5, 0.6) is 5.75 Å². The Bertz CT molecular complexity index is 1380. The van der Waals surface area contributed by atoms with Gasteiger partial charge in [-0.1, -0.05) is 55.1 Å². The highest BCUT2D eigenvalue weighted by atomic mass is 35.5. The number of ether oxygens (including phenoxy) is 1. The van der Waals surface area contributed by atoms with E-state index in [1.54, 1.807) is 10.8 Å². The van der Waals surface area contributed by atoms with E-state index >= 15 is 0 Å². The van der Waals surface area contributed by atoms with E-state index < -0.39 is 5.97 Å². The van der Waals surface area contributed by atoms with Crippen molar-refractivity contribution >= 4 is 28.6 Å². The van der Waals surface area contributed by atoms with Crippen molar-refractivity contribution < 1.29 is 14.6 Å². The fourth-order valence-electron chi connectivity index (χ4n) is 5.16. The number of aromatic nitrogens is 2. The number of hydrogen-bond donors (Lipinski definition) is 1. The highest BCUT2D eigenvalue weighted by molar-refractivity contribution is 6.38. The Hall–Kier alpha value is -3.31. The number of nitrogens with zero attached hydrogens (tertiary/aromatic N) is 2. The number of rotatable bonds is 6. The van der Waals surface area contributed by atoms with Gasteiger partial charge in [-0.2, -0.15) is 0 Å². The first-order valence-electron chi connectivity index (χ1n) is 12.4. The summed E-state index contributed by atoms with van der Waals surface area (Å²) in [5.74, 6) is 0.341. The molecule has 6 rings (SSSR count). The smallest absolute Gasteiger partial charge is 0.354 e. The van der Waals surface area contributed by atoms with Gasteiger partial charge < -0.3 is 9.84 Å². The molecule has 6 heteroatoms. The number of carboxylic acid groups (broad SMARTS) is 1. The molecule has 4 aromatic rings. The van der Waals surface area contributed by atoms with Gasteiger partial charge in [0.2, 0.25) is 0 Å². The van der Waals surface area contributed by atoms with Crippen molar-refractivity contribution in [2.75, 3.05) is 0 Å². The molecule has 178 valence electrons. The van der Waals surface area contributed by atoms with E-state index in [1.807, 2.05) is 30.3 Å². The standard InChI is InChI=1S/C29H27ClN2O3/c30-26-25-16-21(20-8-6-19(7-9-20)18-4-2-1-3-5-18)17-31-28(25)32(27(26)29(33)34)22-10-12-23(13-11-22)35-24-14-15-24/h6-13,16-18,24H,1-5,14-15H2,(H,33,34). The molecule has 0 amide bonds. The summed E-state index contributed by atoms with van der Waals surface area (Å²) in [6, 6.07) is 18.1. The van der Waals surface area contributed by atoms with Crippen LogP contribution in [-0.2, 0) is 0 Å². The molecule has 0 spiro atoms. The molecule has 0 saturated heterocycles. The third kappa shape index (κ3) is 4.30. The summed E-state index contributed by atoms with van der Waals surface area (Å²) in [4.78, 5) is 16.9. The Morgan fingerprint density at radius 1 is 0.943 bits per heavy atom. The second-order valence-electron chi connectivity index (χ2n) is 9.67. The van der Waals surface area contributed by atoms with Gasteiger partial charge in [-0.3, -0.25) is 4.57 Å². The maximum absolute atomic E-state index is 12.2. The molecule has 2 heterocycles. The third-order valence-corrected chi connectivity index (χ3v) is 7.57. The minimum atomic E-state index is -1.09. The minimum absolute atomic E-state index is 0.00910. The molecule has 2 aromatic heterocycles. The quantitative estimate of drug-likeness (QED) is 0.304. The van der Waals surface area contributed by atoms with E-state index in [0.717, 1.165) is 29.7 Å². The lowest BCUT2D eigenvalue weighted by molar-refractivity contribution is 0.0689. The van der Waals surface area contributed by atoms with E-state index in [0.29, 0.717) is 28.7 Å². The fourth-order valence-corrected chi connectivity index (χ4v) is 5.47. The number of carboxylic acids is 1. The van der Waals surface area contributed by atoms with E-state index in [2.05, 4.69) is 29.2 Å². The van der Waals surface area contributed by atoms with Gasteiger partial charge in [0, 0.05) is 22.8 Å². The molecule has 0 atom stereocenters. The first kappa shape index (κ1) is 22.2. The Balaban J connectivity index is 1.37. The zero-order valence-corrected chi connectivity index (χ0v) is 20.2. The Morgan fingerprint density at radius 3 is 2.31 bits per heavy atom. The Labute approximate surface area is 209 Å². The van der Waals surface area contributed by atoms with Gasteiger partial charge in [-0.05, 0) is 73.1 Å². The van der Waals surface area contributed by atoms with Crippen LogP contribution >= 0.6 is 11.6 Å². The molecule has 5 nitrogen and oxygen atoms in total. The maximum atomic E-state index is 12.2. The number of carbonyl (C=O) groups is 1. The van der Waals surface area contributed by atoms with Crippen LogP contribution in [0.4, 0.5) is 0 Å². The lowest BCUT2D eigenvalue weighted by atomic mass is 9.84. The van der Waals surface area contributed by atoms with Crippen molar-refractivity contribution in [3.05, 3.63) is 77.1 Å². The van der Waals surface area contributed by atoms with Crippen molar-refractivity contribution in [2.24, 2.45) is 0 Å². The minimum Gasteiger partial charge on any atom is -0.490 e. The van der Waals surface area contributed by atoms with E-state index in [1.165, 1.54) is 37.7 Å². The topological polar surface area (TPSA) is 64.3 Å². The molecular weight excluding hydrogens is 460 g/mol. The lowest BCUT2D eigenvalue weighted by Gasteiger charge is -2.22. The van der Waals surface area contributed by atoms with E-state index in [-0.39, 0.29) is 10.7 Å². The Morgan fingerprint density at radius 2 is 1.66 bits per heavy atom. The van der Waals surface area contributed by atoms with Crippen LogP contribution in [0.3, 0.4) is 0 Å². The summed E-state index contributed by atoms with van der Waals surface area (Å²) >= 11 is 6.64. The van der Waals surface area contributed by atoms with Crippen molar-refractivity contribution in [3.63, 3.8) is 0 Å². The number of pyridine rings is 1. The van der Waals surface area contributed by atoms with Gasteiger partial charge in [-0.15, -0.1) is 0 Å². The van der Waals surface area contributed by atoms with E-state index in [9.17, 15) is 9.90 Å². The molecule has 0 radical (unpaired) electrons. The van der Waals surface area contributed by atoms with Crippen LogP contribution in [-0.4, -0.2) is 26.7 Å². The van der Waals surface area contributed by atoms with Crippen molar-refractivity contribution in [1.82, 2.24) is 9.55 Å². The van der Waals surface area contributed by atoms with Gasteiger partial charge in [-0.25, -0.2) is 9.78 Å². The second-order valence-corrected chi connectivity index (χ2v) is 10.0. The van der Waals surface area contributed by atoms with Gasteiger partial charge in [0.05, 0.1) is 11.1 Å². The monoisotopic (exact) mass is 486 g/mol. The third-order valence-electron chi connectivity index (χ3n) is 7.19. The van der Waals surface area contributed by atoms with Gasteiger partial charge in [0.25, 0.3) is 0 Å².